The number of rotatable bonds is 3. The average molecular weight is 201 g/mol. The summed E-state index contributed by atoms with van der Waals surface area (Å²) < 4.78 is 19.0. The lowest BCUT2D eigenvalue weighted by Gasteiger charge is -2.07. The van der Waals surface area contributed by atoms with Crippen LogP contribution in [0.3, 0.4) is 0 Å². The normalized spacial score (nSPS) is 12.6. The summed E-state index contributed by atoms with van der Waals surface area (Å²) in [4.78, 5) is 11.2. The van der Waals surface area contributed by atoms with Crippen molar-refractivity contribution in [1.29, 1.82) is 0 Å². The van der Waals surface area contributed by atoms with Gasteiger partial charge in [-0.2, -0.15) is 4.39 Å². The van der Waals surface area contributed by atoms with Crippen LogP contribution in [0.5, 0.6) is 0 Å². The van der Waals surface area contributed by atoms with Crippen LogP contribution in [0.4, 0.5) is 4.39 Å². The van der Waals surface area contributed by atoms with Crippen LogP contribution in [-0.2, 0) is 16.6 Å². The number of nitrogens with zero attached hydrogens (tertiary/aromatic N) is 2. The van der Waals surface area contributed by atoms with Gasteiger partial charge in [0.05, 0.1) is 12.2 Å². The first-order valence-corrected chi connectivity index (χ1v) is 4.17. The van der Waals surface area contributed by atoms with E-state index in [4.69, 9.17) is 5.73 Å². The minimum absolute atomic E-state index is 0.0472. The first-order chi connectivity index (χ1) is 6.56. The molecule has 6 heteroatoms. The molecule has 0 aliphatic heterocycles. The Labute approximate surface area is 80.6 Å². The summed E-state index contributed by atoms with van der Waals surface area (Å²) in [7, 11) is 1.55. The predicted molar refractivity (Wildman–Crippen MR) is 46.7 cm³/mol. The molecule has 0 radical (unpaired) electrons. The highest BCUT2D eigenvalue weighted by molar-refractivity contribution is 5.77. The molecule has 0 bridgehead atoms. The molecule has 0 saturated carbocycles. The van der Waals surface area contributed by atoms with Gasteiger partial charge in [-0.25, -0.2) is 4.79 Å². The Balaban J connectivity index is 2.83. The lowest BCUT2D eigenvalue weighted by Crippen LogP contribution is -2.24. The molecule has 1 aromatic rings. The maximum Gasteiger partial charge on any atom is 0.327 e. The second-order valence-corrected chi connectivity index (χ2v) is 2.78. The highest BCUT2D eigenvalue weighted by Gasteiger charge is 2.22. The molecule has 0 saturated heterocycles. The van der Waals surface area contributed by atoms with Crippen LogP contribution >= 0.6 is 0 Å². The van der Waals surface area contributed by atoms with E-state index in [2.05, 4.69) is 9.84 Å². The van der Waals surface area contributed by atoms with E-state index in [1.807, 2.05) is 0 Å². The predicted octanol–water partition coefficient (Wildman–Crippen LogP) is 0.122. The molecule has 5 nitrogen and oxygen atoms in total. The molecule has 1 unspecified atom stereocenters. The Kier molecular flexibility index (Phi) is 3.19. The zero-order chi connectivity index (χ0) is 10.7. The van der Waals surface area contributed by atoms with Crippen LogP contribution in [0, 0.1) is 5.95 Å². The van der Waals surface area contributed by atoms with E-state index in [0.717, 1.165) is 0 Å². The van der Waals surface area contributed by atoms with E-state index in [0.29, 0.717) is 0 Å². The Morgan fingerprint density at radius 3 is 2.93 bits per heavy atom. The summed E-state index contributed by atoms with van der Waals surface area (Å²) in [6.45, 7) is 1.87. The molecule has 0 amide bonds. The maximum atomic E-state index is 13.0. The van der Waals surface area contributed by atoms with Gasteiger partial charge in [-0.1, -0.05) is 0 Å². The quantitative estimate of drug-likeness (QED) is 0.705. The molecule has 2 N–H and O–H groups in total. The molecule has 0 aliphatic carbocycles. The monoisotopic (exact) mass is 201 g/mol. The molecule has 78 valence electrons. The fraction of sp³-hybridized carbons (Fsp3) is 0.500. The number of aromatic nitrogens is 2. The van der Waals surface area contributed by atoms with Crippen LogP contribution in [-0.4, -0.2) is 22.4 Å². The second-order valence-electron chi connectivity index (χ2n) is 2.78. The number of carbonyl (C=O) groups excluding carboxylic acids is 1. The SMILES string of the molecule is CCOC(=O)C(N)c1cn(C)nc1F. The van der Waals surface area contributed by atoms with Gasteiger partial charge >= 0.3 is 5.97 Å². The van der Waals surface area contributed by atoms with Crippen molar-refractivity contribution in [3.63, 3.8) is 0 Å². The number of esters is 1. The van der Waals surface area contributed by atoms with Gasteiger partial charge in [0.1, 0.15) is 6.04 Å². The van der Waals surface area contributed by atoms with Crippen molar-refractivity contribution in [2.75, 3.05) is 6.61 Å². The Morgan fingerprint density at radius 2 is 2.50 bits per heavy atom. The third-order valence-corrected chi connectivity index (χ3v) is 1.69. The molecule has 0 aromatic carbocycles. The highest BCUT2D eigenvalue weighted by atomic mass is 19.1. The van der Waals surface area contributed by atoms with Crippen LogP contribution in [0.2, 0.25) is 0 Å². The van der Waals surface area contributed by atoms with Gasteiger partial charge in [0.2, 0.25) is 5.95 Å². The van der Waals surface area contributed by atoms with Crippen molar-refractivity contribution >= 4 is 5.97 Å². The number of hydrogen-bond acceptors (Lipinski definition) is 4. The summed E-state index contributed by atoms with van der Waals surface area (Å²) in [5, 5.41) is 3.44. The summed E-state index contributed by atoms with van der Waals surface area (Å²) in [6, 6.07) is -1.11. The topological polar surface area (TPSA) is 70.1 Å². The van der Waals surface area contributed by atoms with Crippen LogP contribution in [0.1, 0.15) is 18.5 Å². The third-order valence-electron chi connectivity index (χ3n) is 1.69. The lowest BCUT2D eigenvalue weighted by molar-refractivity contribution is -0.144. The van der Waals surface area contributed by atoms with Crippen molar-refractivity contribution in [1.82, 2.24) is 9.78 Å². The van der Waals surface area contributed by atoms with Gasteiger partial charge in [0, 0.05) is 13.2 Å². The minimum Gasteiger partial charge on any atom is -0.465 e. The smallest absolute Gasteiger partial charge is 0.327 e. The molecule has 1 rings (SSSR count). The van der Waals surface area contributed by atoms with Gasteiger partial charge in [-0.15, -0.1) is 5.10 Å². The van der Waals surface area contributed by atoms with Gasteiger partial charge in [-0.3, -0.25) is 4.68 Å². The van der Waals surface area contributed by atoms with Gasteiger partial charge in [0.25, 0.3) is 0 Å². The molecule has 0 aliphatic rings. The number of carbonyl (C=O) groups is 1. The summed E-state index contributed by atoms with van der Waals surface area (Å²) >= 11 is 0. The highest BCUT2D eigenvalue weighted by Crippen LogP contribution is 2.14. The van der Waals surface area contributed by atoms with Crippen LogP contribution in [0.15, 0.2) is 6.20 Å². The molecule has 0 fully saturated rings. The molecule has 14 heavy (non-hydrogen) atoms. The van der Waals surface area contributed by atoms with Crippen molar-refractivity contribution in [3.8, 4) is 0 Å². The first kappa shape index (κ1) is 10.6. The summed E-state index contributed by atoms with van der Waals surface area (Å²) in [6.07, 6.45) is 1.36. The van der Waals surface area contributed by atoms with Crippen molar-refractivity contribution < 1.29 is 13.9 Å². The Morgan fingerprint density at radius 1 is 1.86 bits per heavy atom. The van der Waals surface area contributed by atoms with E-state index in [-0.39, 0.29) is 12.2 Å². The summed E-state index contributed by atoms with van der Waals surface area (Å²) in [5.41, 5.74) is 5.52. The maximum absolute atomic E-state index is 13.0. The van der Waals surface area contributed by atoms with Gasteiger partial charge < -0.3 is 10.5 Å². The number of hydrogen-bond donors (Lipinski definition) is 1. The van der Waals surface area contributed by atoms with E-state index < -0.39 is 18.0 Å². The number of nitrogens with two attached hydrogens (primary N) is 1. The number of halogens is 1. The molecular weight excluding hydrogens is 189 g/mol. The fourth-order valence-corrected chi connectivity index (χ4v) is 1.05. The molecule has 1 aromatic heterocycles. The Hall–Kier alpha value is -1.43. The molecular formula is C8H12FN3O2. The molecule has 1 atom stereocenters. The summed E-state index contributed by atoms with van der Waals surface area (Å²) in [5.74, 6) is -1.40. The van der Waals surface area contributed by atoms with Crippen LogP contribution < -0.4 is 5.73 Å². The van der Waals surface area contributed by atoms with Crippen molar-refractivity contribution in [2.24, 2.45) is 12.8 Å². The van der Waals surface area contributed by atoms with E-state index >= 15 is 0 Å². The van der Waals surface area contributed by atoms with E-state index in [1.165, 1.54) is 10.9 Å². The fourth-order valence-electron chi connectivity index (χ4n) is 1.05. The molecule has 1 heterocycles. The lowest BCUT2D eigenvalue weighted by atomic mass is 10.2. The largest absolute Gasteiger partial charge is 0.465 e. The number of aryl methyl sites for hydroxylation is 1. The zero-order valence-electron chi connectivity index (χ0n) is 8.03. The Bertz CT molecular complexity index is 337. The minimum atomic E-state index is -1.11. The third kappa shape index (κ3) is 2.08. The van der Waals surface area contributed by atoms with E-state index in [1.54, 1.807) is 14.0 Å². The standard InChI is InChI=1S/C8H12FN3O2/c1-3-14-8(13)6(10)5-4-12(2)11-7(5)9/h4,6H,3,10H2,1-2H3. The number of ether oxygens (including phenoxy) is 1. The second kappa shape index (κ2) is 4.19. The van der Waals surface area contributed by atoms with Crippen LogP contribution in [0.25, 0.3) is 0 Å². The average Bonchev–Trinajstić information content (AvgIpc) is 2.44. The zero-order valence-corrected chi connectivity index (χ0v) is 8.03. The first-order valence-electron chi connectivity index (χ1n) is 4.17. The van der Waals surface area contributed by atoms with E-state index in [9.17, 15) is 9.18 Å². The van der Waals surface area contributed by atoms with Gasteiger partial charge in [0.15, 0.2) is 0 Å². The van der Waals surface area contributed by atoms with Gasteiger partial charge in [-0.05, 0) is 6.92 Å². The van der Waals surface area contributed by atoms with Crippen molar-refractivity contribution in [2.45, 2.75) is 13.0 Å². The van der Waals surface area contributed by atoms with Crippen molar-refractivity contribution in [3.05, 3.63) is 17.7 Å². The molecule has 0 spiro atoms.